The number of halogens is 1. The Kier molecular flexibility index (Phi) is 5.98. The van der Waals surface area contributed by atoms with Gasteiger partial charge in [0.2, 0.25) is 0 Å². The van der Waals surface area contributed by atoms with Crippen LogP contribution in [0.25, 0.3) is 5.57 Å². The predicted molar refractivity (Wildman–Crippen MR) is 103 cm³/mol. The van der Waals surface area contributed by atoms with Crippen molar-refractivity contribution in [2.24, 2.45) is 0 Å². The van der Waals surface area contributed by atoms with E-state index in [4.69, 9.17) is 30.6 Å². The number of piperidine rings is 1. The summed E-state index contributed by atoms with van der Waals surface area (Å²) in [4.78, 5) is 30.3. The van der Waals surface area contributed by atoms with Crippen molar-refractivity contribution in [2.75, 3.05) is 26.8 Å². The molecule has 1 aromatic rings. The van der Waals surface area contributed by atoms with E-state index < -0.39 is 17.7 Å². The third-order valence-electron chi connectivity index (χ3n) is 5.14. The van der Waals surface area contributed by atoms with Gasteiger partial charge in [0, 0.05) is 31.0 Å². The Bertz CT molecular complexity index is 826. The number of ether oxygens (including phenoxy) is 3. The second-order valence-corrected chi connectivity index (χ2v) is 7.31. The third-order valence-corrected chi connectivity index (χ3v) is 5.55. The van der Waals surface area contributed by atoms with E-state index in [0.717, 1.165) is 11.1 Å². The van der Waals surface area contributed by atoms with Gasteiger partial charge < -0.3 is 19.0 Å². The summed E-state index contributed by atoms with van der Waals surface area (Å²) in [5, 5.41) is 2.38. The van der Waals surface area contributed by atoms with Crippen LogP contribution in [0.4, 0.5) is 4.79 Å². The van der Waals surface area contributed by atoms with E-state index in [-0.39, 0.29) is 17.9 Å². The molecular formula is C20H24ClNO6. The number of benzene rings is 1. The SMILES string of the molecule is CCOC(=O)OC1=C(c2cc(C)c(Cl)cc2C)C(=O)OC12CCN(OC)CC2. The van der Waals surface area contributed by atoms with Crippen molar-refractivity contribution in [3.63, 3.8) is 0 Å². The summed E-state index contributed by atoms with van der Waals surface area (Å²) >= 11 is 6.21. The number of hydrogen-bond donors (Lipinski definition) is 0. The number of esters is 1. The molecule has 0 unspecified atom stereocenters. The first kappa shape index (κ1) is 20.6. The van der Waals surface area contributed by atoms with Gasteiger partial charge in [-0.05, 0) is 49.6 Å². The second kappa shape index (κ2) is 8.11. The first-order valence-corrected chi connectivity index (χ1v) is 9.58. The molecule has 28 heavy (non-hydrogen) atoms. The van der Waals surface area contributed by atoms with E-state index >= 15 is 0 Å². The molecule has 1 spiro atoms. The van der Waals surface area contributed by atoms with E-state index in [0.29, 0.717) is 36.5 Å². The molecule has 3 rings (SSSR count). The predicted octanol–water partition coefficient (Wildman–Crippen LogP) is 3.79. The van der Waals surface area contributed by atoms with E-state index in [1.54, 1.807) is 25.2 Å². The van der Waals surface area contributed by atoms with Crippen molar-refractivity contribution < 1.29 is 28.6 Å². The highest BCUT2D eigenvalue weighted by Crippen LogP contribution is 2.46. The van der Waals surface area contributed by atoms with Gasteiger partial charge in [0.15, 0.2) is 11.4 Å². The molecule has 1 fully saturated rings. The van der Waals surface area contributed by atoms with Gasteiger partial charge in [0.1, 0.15) is 5.57 Å². The molecule has 0 N–H and O–H groups in total. The lowest BCUT2D eigenvalue weighted by Gasteiger charge is -2.37. The van der Waals surface area contributed by atoms with Gasteiger partial charge in [-0.1, -0.05) is 11.6 Å². The van der Waals surface area contributed by atoms with Crippen LogP contribution in [-0.2, 0) is 23.8 Å². The van der Waals surface area contributed by atoms with E-state index in [1.807, 2.05) is 19.9 Å². The van der Waals surface area contributed by atoms with Crippen molar-refractivity contribution in [3.05, 3.63) is 39.6 Å². The number of carbonyl (C=O) groups is 2. The minimum Gasteiger partial charge on any atom is -0.447 e. The Morgan fingerprint density at radius 2 is 1.93 bits per heavy atom. The zero-order valence-corrected chi connectivity index (χ0v) is 17.2. The summed E-state index contributed by atoms with van der Waals surface area (Å²) in [5.41, 5.74) is 1.47. The van der Waals surface area contributed by atoms with Crippen LogP contribution in [0.3, 0.4) is 0 Å². The summed E-state index contributed by atoms with van der Waals surface area (Å²) in [6.07, 6.45) is 0.0255. The zero-order valence-electron chi connectivity index (χ0n) is 16.5. The van der Waals surface area contributed by atoms with Crippen LogP contribution in [0, 0.1) is 13.8 Å². The van der Waals surface area contributed by atoms with Crippen molar-refractivity contribution >= 4 is 29.3 Å². The molecule has 0 aromatic heterocycles. The molecule has 152 valence electrons. The van der Waals surface area contributed by atoms with Crippen LogP contribution in [-0.4, -0.2) is 49.6 Å². The fourth-order valence-electron chi connectivity index (χ4n) is 3.61. The van der Waals surface area contributed by atoms with Crippen LogP contribution in [0.2, 0.25) is 5.02 Å². The molecule has 2 heterocycles. The molecule has 0 radical (unpaired) electrons. The van der Waals surface area contributed by atoms with Gasteiger partial charge in [-0.25, -0.2) is 9.59 Å². The van der Waals surface area contributed by atoms with E-state index in [2.05, 4.69) is 0 Å². The molecule has 1 saturated heterocycles. The topological polar surface area (TPSA) is 74.3 Å². The molecule has 0 bridgehead atoms. The highest BCUT2D eigenvalue weighted by Gasteiger charge is 2.52. The Morgan fingerprint density at radius 3 is 2.54 bits per heavy atom. The van der Waals surface area contributed by atoms with Crippen molar-refractivity contribution in [1.82, 2.24) is 5.06 Å². The molecule has 0 amide bonds. The molecule has 0 aliphatic carbocycles. The van der Waals surface area contributed by atoms with Crippen LogP contribution < -0.4 is 0 Å². The van der Waals surface area contributed by atoms with Gasteiger partial charge >= 0.3 is 12.1 Å². The molecule has 0 saturated carbocycles. The van der Waals surface area contributed by atoms with Crippen LogP contribution in [0.5, 0.6) is 0 Å². The maximum absolute atomic E-state index is 12.9. The summed E-state index contributed by atoms with van der Waals surface area (Å²) in [6.45, 7) is 6.62. The zero-order chi connectivity index (χ0) is 20.5. The van der Waals surface area contributed by atoms with Gasteiger partial charge in [0.25, 0.3) is 0 Å². The first-order chi connectivity index (χ1) is 13.3. The van der Waals surface area contributed by atoms with E-state index in [1.165, 1.54) is 0 Å². The highest BCUT2D eigenvalue weighted by molar-refractivity contribution is 6.31. The Morgan fingerprint density at radius 1 is 1.25 bits per heavy atom. The van der Waals surface area contributed by atoms with Crippen molar-refractivity contribution in [2.45, 2.75) is 39.2 Å². The van der Waals surface area contributed by atoms with Crippen LogP contribution in [0.15, 0.2) is 17.9 Å². The van der Waals surface area contributed by atoms with Gasteiger partial charge in [-0.15, -0.1) is 0 Å². The molecule has 8 heteroatoms. The molecule has 2 aliphatic heterocycles. The average Bonchev–Trinajstić information content (AvgIpc) is 2.90. The number of carbonyl (C=O) groups excluding carboxylic acids is 2. The Labute approximate surface area is 169 Å². The minimum absolute atomic E-state index is 0.166. The summed E-state index contributed by atoms with van der Waals surface area (Å²) in [6, 6.07) is 3.60. The fraction of sp³-hybridized carbons (Fsp3) is 0.500. The standard InChI is InChI=1S/C20H24ClNO6/c1-5-26-19(24)27-17-16(14-10-13(3)15(21)11-12(14)2)18(23)28-20(17)6-8-22(25-4)9-7-20/h10-11H,5-9H2,1-4H3. The van der Waals surface area contributed by atoms with Crippen LogP contribution in [0.1, 0.15) is 36.5 Å². The lowest BCUT2D eigenvalue weighted by atomic mass is 9.87. The number of hydroxylamine groups is 2. The Balaban J connectivity index is 2.10. The fourth-order valence-corrected chi connectivity index (χ4v) is 3.83. The normalized spacial score (nSPS) is 19.1. The largest absolute Gasteiger partial charge is 0.513 e. The summed E-state index contributed by atoms with van der Waals surface area (Å²) < 4.78 is 16.3. The highest BCUT2D eigenvalue weighted by atomic mass is 35.5. The number of nitrogens with zero attached hydrogens (tertiary/aromatic N) is 1. The lowest BCUT2D eigenvalue weighted by Crippen LogP contribution is -2.46. The number of rotatable bonds is 4. The monoisotopic (exact) mass is 409 g/mol. The van der Waals surface area contributed by atoms with Crippen LogP contribution >= 0.6 is 11.6 Å². The molecular weight excluding hydrogens is 386 g/mol. The lowest BCUT2D eigenvalue weighted by molar-refractivity contribution is -0.183. The number of aryl methyl sites for hydroxylation is 2. The molecule has 7 nitrogen and oxygen atoms in total. The van der Waals surface area contributed by atoms with Crippen molar-refractivity contribution in [1.29, 1.82) is 0 Å². The maximum atomic E-state index is 12.9. The third kappa shape index (κ3) is 3.74. The van der Waals surface area contributed by atoms with Gasteiger partial charge in [-0.2, -0.15) is 5.06 Å². The first-order valence-electron chi connectivity index (χ1n) is 9.20. The Hall–Kier alpha value is -2.09. The molecule has 2 aliphatic rings. The average molecular weight is 410 g/mol. The molecule has 0 atom stereocenters. The quantitative estimate of drug-likeness (QED) is 0.700. The smallest absolute Gasteiger partial charge is 0.447 e. The maximum Gasteiger partial charge on any atom is 0.513 e. The van der Waals surface area contributed by atoms with Gasteiger partial charge in [0.05, 0.1) is 13.7 Å². The van der Waals surface area contributed by atoms with Crippen molar-refractivity contribution in [3.8, 4) is 0 Å². The summed E-state index contributed by atoms with van der Waals surface area (Å²) in [5.74, 6) is -0.313. The molecule has 1 aromatic carbocycles. The number of hydrogen-bond acceptors (Lipinski definition) is 7. The van der Waals surface area contributed by atoms with Gasteiger partial charge in [-0.3, -0.25) is 0 Å². The minimum atomic E-state index is -1.02. The second-order valence-electron chi connectivity index (χ2n) is 6.90. The summed E-state index contributed by atoms with van der Waals surface area (Å²) in [7, 11) is 1.59. The van der Waals surface area contributed by atoms with E-state index in [9.17, 15) is 9.59 Å².